The molecule has 0 spiro atoms. The van der Waals surface area contributed by atoms with Crippen LogP contribution in [0.25, 0.3) is 0 Å². The summed E-state index contributed by atoms with van der Waals surface area (Å²) in [5, 5.41) is 6.65. The Kier molecular flexibility index (Phi) is 4.21. The van der Waals surface area contributed by atoms with Crippen molar-refractivity contribution in [2.75, 3.05) is 12.3 Å². The molecule has 3 unspecified atom stereocenters. The van der Waals surface area contributed by atoms with Crippen molar-refractivity contribution in [3.63, 3.8) is 0 Å². The SMILES string of the molecule is Nc1ccccc1Sc1ccc(C(=O)NC2CC3CNC2C3)cc1. The summed E-state index contributed by atoms with van der Waals surface area (Å²) in [6, 6.07) is 16.3. The Labute approximate surface area is 146 Å². The van der Waals surface area contributed by atoms with Crippen LogP contribution >= 0.6 is 11.8 Å². The normalized spacial score (nSPS) is 24.9. The Morgan fingerprint density at radius 1 is 1.12 bits per heavy atom. The lowest BCUT2D eigenvalue weighted by Gasteiger charge is -2.24. The van der Waals surface area contributed by atoms with Crippen molar-refractivity contribution in [1.82, 2.24) is 10.6 Å². The third-order valence-corrected chi connectivity index (χ3v) is 6.01. The predicted octanol–water partition coefficient (Wildman–Crippen LogP) is 2.90. The third-order valence-electron chi connectivity index (χ3n) is 4.91. The Hall–Kier alpha value is -1.98. The van der Waals surface area contributed by atoms with E-state index < -0.39 is 0 Å². The van der Waals surface area contributed by atoms with Crippen molar-refractivity contribution < 1.29 is 4.79 Å². The average Bonchev–Trinajstić information content (AvgIpc) is 3.20. The van der Waals surface area contributed by atoms with Gasteiger partial charge in [-0.25, -0.2) is 0 Å². The molecule has 2 bridgehead atoms. The molecule has 24 heavy (non-hydrogen) atoms. The Balaban J connectivity index is 1.40. The maximum absolute atomic E-state index is 12.4. The largest absolute Gasteiger partial charge is 0.398 e. The van der Waals surface area contributed by atoms with Gasteiger partial charge >= 0.3 is 0 Å². The highest BCUT2D eigenvalue weighted by Gasteiger charge is 2.39. The van der Waals surface area contributed by atoms with Crippen molar-refractivity contribution in [2.45, 2.75) is 34.7 Å². The number of amides is 1. The van der Waals surface area contributed by atoms with Gasteiger partial charge in [-0.1, -0.05) is 23.9 Å². The number of carbonyl (C=O) groups excluding carboxylic acids is 1. The van der Waals surface area contributed by atoms with E-state index in [-0.39, 0.29) is 11.9 Å². The van der Waals surface area contributed by atoms with E-state index in [1.54, 1.807) is 11.8 Å². The molecular weight excluding hydrogens is 318 g/mol. The van der Waals surface area contributed by atoms with Crippen LogP contribution in [0.15, 0.2) is 58.3 Å². The molecule has 2 aromatic carbocycles. The minimum Gasteiger partial charge on any atom is -0.398 e. The fraction of sp³-hybridized carbons (Fsp3) is 0.316. The zero-order chi connectivity index (χ0) is 16.5. The summed E-state index contributed by atoms with van der Waals surface area (Å²) in [5.74, 6) is 0.750. The van der Waals surface area contributed by atoms with Gasteiger partial charge in [0.2, 0.25) is 0 Å². The number of fused-ring (bicyclic) bond motifs is 2. The zero-order valence-electron chi connectivity index (χ0n) is 13.4. The van der Waals surface area contributed by atoms with Crippen LogP contribution in [0.3, 0.4) is 0 Å². The average molecular weight is 339 g/mol. The second kappa shape index (κ2) is 6.49. The standard InChI is InChI=1S/C19H21N3OS/c20-15-3-1-2-4-18(15)24-14-7-5-13(6-8-14)19(23)22-17-10-12-9-16(17)21-11-12/h1-8,12,16-17,21H,9-11,20H2,(H,22,23). The van der Waals surface area contributed by atoms with Gasteiger partial charge in [0.1, 0.15) is 0 Å². The third kappa shape index (κ3) is 3.14. The van der Waals surface area contributed by atoms with Gasteiger partial charge in [-0.15, -0.1) is 0 Å². The van der Waals surface area contributed by atoms with Gasteiger partial charge in [0.05, 0.1) is 0 Å². The van der Waals surface area contributed by atoms with Crippen LogP contribution in [0.1, 0.15) is 23.2 Å². The van der Waals surface area contributed by atoms with E-state index >= 15 is 0 Å². The van der Waals surface area contributed by atoms with Crippen molar-refractivity contribution in [1.29, 1.82) is 0 Å². The molecule has 2 aliphatic rings. The fourth-order valence-corrected chi connectivity index (χ4v) is 4.50. The number of piperidine rings is 1. The van der Waals surface area contributed by atoms with E-state index in [0.717, 1.165) is 34.4 Å². The van der Waals surface area contributed by atoms with Crippen LogP contribution in [-0.2, 0) is 0 Å². The van der Waals surface area contributed by atoms with Crippen LogP contribution < -0.4 is 16.4 Å². The molecule has 0 aromatic heterocycles. The van der Waals surface area contributed by atoms with Gasteiger partial charge in [0, 0.05) is 33.1 Å². The number of rotatable bonds is 4. The summed E-state index contributed by atoms with van der Waals surface area (Å²) >= 11 is 1.61. The van der Waals surface area contributed by atoms with E-state index in [4.69, 9.17) is 5.73 Å². The van der Waals surface area contributed by atoms with Gasteiger partial charge in [-0.2, -0.15) is 0 Å². The molecule has 1 aliphatic heterocycles. The van der Waals surface area contributed by atoms with Crippen molar-refractivity contribution >= 4 is 23.4 Å². The number of nitrogens with two attached hydrogens (primary N) is 1. The lowest BCUT2D eigenvalue weighted by atomic mass is 10.1. The van der Waals surface area contributed by atoms with E-state index in [0.29, 0.717) is 11.6 Å². The molecule has 5 heteroatoms. The molecule has 1 saturated heterocycles. The quantitative estimate of drug-likeness (QED) is 0.749. The maximum Gasteiger partial charge on any atom is 0.251 e. The molecule has 4 N–H and O–H groups in total. The van der Waals surface area contributed by atoms with E-state index in [2.05, 4.69) is 10.6 Å². The van der Waals surface area contributed by atoms with Gasteiger partial charge in [-0.05, 0) is 61.7 Å². The molecule has 0 radical (unpaired) electrons. The van der Waals surface area contributed by atoms with Crippen LogP contribution in [-0.4, -0.2) is 24.5 Å². The number of benzene rings is 2. The van der Waals surface area contributed by atoms with E-state index in [1.165, 1.54) is 6.42 Å². The van der Waals surface area contributed by atoms with Crippen molar-refractivity contribution in [2.24, 2.45) is 5.92 Å². The number of para-hydroxylation sites is 1. The van der Waals surface area contributed by atoms with Crippen LogP contribution in [0.2, 0.25) is 0 Å². The van der Waals surface area contributed by atoms with E-state index in [1.807, 2.05) is 48.5 Å². The maximum atomic E-state index is 12.4. The highest BCUT2D eigenvalue weighted by Crippen LogP contribution is 2.33. The smallest absolute Gasteiger partial charge is 0.251 e. The molecule has 2 aromatic rings. The summed E-state index contributed by atoms with van der Waals surface area (Å²) in [6.07, 6.45) is 2.30. The molecule has 4 rings (SSSR count). The summed E-state index contributed by atoms with van der Waals surface area (Å²) in [7, 11) is 0. The Morgan fingerprint density at radius 2 is 1.92 bits per heavy atom. The topological polar surface area (TPSA) is 67.2 Å². The molecule has 3 atom stereocenters. The second-order valence-electron chi connectivity index (χ2n) is 6.60. The number of hydrogen-bond acceptors (Lipinski definition) is 4. The summed E-state index contributed by atoms with van der Waals surface area (Å²) in [5.41, 5.74) is 7.46. The molecule has 124 valence electrons. The van der Waals surface area contributed by atoms with Gasteiger partial charge in [0.15, 0.2) is 0 Å². The Morgan fingerprint density at radius 3 is 2.58 bits per heavy atom. The first kappa shape index (κ1) is 15.5. The van der Waals surface area contributed by atoms with Crippen molar-refractivity contribution in [3.8, 4) is 0 Å². The van der Waals surface area contributed by atoms with Crippen LogP contribution in [0.5, 0.6) is 0 Å². The lowest BCUT2D eigenvalue weighted by molar-refractivity contribution is 0.0928. The Bertz CT molecular complexity index is 747. The number of nitrogen functional groups attached to an aromatic ring is 1. The first-order chi connectivity index (χ1) is 11.7. The number of anilines is 1. The molecule has 1 heterocycles. The minimum atomic E-state index is 0.0186. The summed E-state index contributed by atoms with van der Waals surface area (Å²) in [6.45, 7) is 1.10. The second-order valence-corrected chi connectivity index (χ2v) is 7.71. The predicted molar refractivity (Wildman–Crippen MR) is 97.2 cm³/mol. The first-order valence-electron chi connectivity index (χ1n) is 8.36. The lowest BCUT2D eigenvalue weighted by Crippen LogP contribution is -2.47. The summed E-state index contributed by atoms with van der Waals surface area (Å²) < 4.78 is 0. The zero-order valence-corrected chi connectivity index (χ0v) is 14.2. The molecule has 4 nitrogen and oxygen atoms in total. The van der Waals surface area contributed by atoms with Gasteiger partial charge in [-0.3, -0.25) is 4.79 Å². The van der Waals surface area contributed by atoms with Crippen LogP contribution in [0, 0.1) is 5.92 Å². The summed E-state index contributed by atoms with van der Waals surface area (Å²) in [4.78, 5) is 14.5. The molecule has 1 saturated carbocycles. The van der Waals surface area contributed by atoms with Crippen LogP contribution in [0.4, 0.5) is 5.69 Å². The van der Waals surface area contributed by atoms with Gasteiger partial charge < -0.3 is 16.4 Å². The van der Waals surface area contributed by atoms with Gasteiger partial charge in [0.25, 0.3) is 5.91 Å². The molecule has 1 amide bonds. The highest BCUT2D eigenvalue weighted by molar-refractivity contribution is 7.99. The highest BCUT2D eigenvalue weighted by atomic mass is 32.2. The molecule has 1 aliphatic carbocycles. The van der Waals surface area contributed by atoms with Crippen molar-refractivity contribution in [3.05, 3.63) is 54.1 Å². The first-order valence-corrected chi connectivity index (χ1v) is 9.17. The number of hydrogen-bond donors (Lipinski definition) is 3. The molecular formula is C19H21N3OS. The number of carbonyl (C=O) groups is 1. The minimum absolute atomic E-state index is 0.0186. The number of nitrogens with one attached hydrogen (secondary N) is 2. The monoisotopic (exact) mass is 339 g/mol. The molecule has 2 fully saturated rings. The van der Waals surface area contributed by atoms with E-state index in [9.17, 15) is 4.79 Å². The fourth-order valence-electron chi connectivity index (χ4n) is 3.64.